The minimum absolute atomic E-state index is 0.678. The third kappa shape index (κ3) is 3.19. The minimum atomic E-state index is 0.678. The van der Waals surface area contributed by atoms with E-state index in [2.05, 4.69) is 42.3 Å². The van der Waals surface area contributed by atoms with Crippen molar-refractivity contribution in [2.24, 2.45) is 10.2 Å². The number of aromatic nitrogens is 2. The number of azo groups is 1. The number of fused-ring (bicyclic) bond motifs is 1. The zero-order valence-corrected chi connectivity index (χ0v) is 15.5. The number of ether oxygens (including phenoxy) is 1. The molecule has 4 aromatic rings. The number of benzene rings is 2. The van der Waals surface area contributed by atoms with Crippen LogP contribution < -0.4 is 4.74 Å². The van der Waals surface area contributed by atoms with E-state index >= 15 is 0 Å². The summed E-state index contributed by atoms with van der Waals surface area (Å²) in [7, 11) is 1.63. The van der Waals surface area contributed by atoms with Crippen molar-refractivity contribution >= 4 is 17.2 Å². The molecule has 0 spiro atoms. The first kappa shape index (κ1) is 17.0. The van der Waals surface area contributed by atoms with Crippen molar-refractivity contribution in [1.82, 2.24) is 9.38 Å². The minimum Gasteiger partial charge on any atom is -0.494 e. The molecule has 0 saturated carbocycles. The molecule has 5 heteroatoms. The van der Waals surface area contributed by atoms with Crippen LogP contribution >= 0.6 is 0 Å². The largest absolute Gasteiger partial charge is 0.494 e. The number of hydrogen-bond donors (Lipinski definition) is 0. The Balaban J connectivity index is 1.88. The maximum atomic E-state index is 5.37. The Morgan fingerprint density at radius 3 is 2.52 bits per heavy atom. The van der Waals surface area contributed by atoms with Crippen molar-refractivity contribution in [1.29, 1.82) is 0 Å². The first-order valence-corrected chi connectivity index (χ1v) is 8.77. The Labute approximate surface area is 158 Å². The van der Waals surface area contributed by atoms with E-state index in [9.17, 15) is 0 Å². The number of nitrogens with zero attached hydrogens (tertiary/aromatic N) is 4. The van der Waals surface area contributed by atoms with E-state index in [1.54, 1.807) is 7.11 Å². The van der Waals surface area contributed by atoms with Crippen LogP contribution in [0, 0.1) is 13.8 Å². The van der Waals surface area contributed by atoms with Crippen LogP contribution in [-0.2, 0) is 0 Å². The zero-order valence-electron chi connectivity index (χ0n) is 15.5. The lowest BCUT2D eigenvalue weighted by Crippen LogP contribution is -1.85. The second kappa shape index (κ2) is 7.03. The molecule has 0 aliphatic carbocycles. The molecule has 2 aromatic heterocycles. The van der Waals surface area contributed by atoms with Gasteiger partial charge in [0.2, 0.25) is 0 Å². The number of aryl methyl sites for hydroxylation is 2. The first-order valence-electron chi connectivity index (χ1n) is 8.77. The number of rotatable bonds is 4. The van der Waals surface area contributed by atoms with E-state index in [1.165, 1.54) is 11.1 Å². The van der Waals surface area contributed by atoms with Crippen molar-refractivity contribution in [2.75, 3.05) is 7.11 Å². The molecule has 0 fully saturated rings. The van der Waals surface area contributed by atoms with E-state index < -0.39 is 0 Å². The molecule has 0 aliphatic rings. The number of pyridine rings is 1. The molecule has 27 heavy (non-hydrogen) atoms. The third-order valence-electron chi connectivity index (χ3n) is 4.62. The highest BCUT2D eigenvalue weighted by atomic mass is 16.5. The molecule has 134 valence electrons. The molecule has 0 saturated heterocycles. The molecule has 0 unspecified atom stereocenters. The van der Waals surface area contributed by atoms with Gasteiger partial charge in [0.1, 0.15) is 22.8 Å². The van der Waals surface area contributed by atoms with Gasteiger partial charge in [0.15, 0.2) is 5.82 Å². The van der Waals surface area contributed by atoms with Gasteiger partial charge in [0.25, 0.3) is 0 Å². The summed E-state index contributed by atoms with van der Waals surface area (Å²) in [6.45, 7) is 4.20. The molecule has 4 rings (SSSR count). The fraction of sp³-hybridized carbons (Fsp3) is 0.136. The van der Waals surface area contributed by atoms with Gasteiger partial charge in [-0.25, -0.2) is 4.98 Å². The lowest BCUT2D eigenvalue weighted by Gasteiger charge is -2.04. The van der Waals surface area contributed by atoms with Gasteiger partial charge in [-0.1, -0.05) is 30.3 Å². The predicted octanol–water partition coefficient (Wildman–Crippen LogP) is 6.04. The molecule has 2 heterocycles. The van der Waals surface area contributed by atoms with Gasteiger partial charge < -0.3 is 4.74 Å². The second-order valence-electron chi connectivity index (χ2n) is 6.38. The molecular weight excluding hydrogens is 336 g/mol. The van der Waals surface area contributed by atoms with Crippen molar-refractivity contribution in [2.45, 2.75) is 13.8 Å². The van der Waals surface area contributed by atoms with Crippen LogP contribution in [0.15, 0.2) is 77.1 Å². The highest BCUT2D eigenvalue weighted by molar-refractivity contribution is 5.75. The summed E-state index contributed by atoms with van der Waals surface area (Å²) >= 11 is 0. The van der Waals surface area contributed by atoms with E-state index in [4.69, 9.17) is 9.72 Å². The van der Waals surface area contributed by atoms with Crippen molar-refractivity contribution in [3.63, 3.8) is 0 Å². The lowest BCUT2D eigenvalue weighted by molar-refractivity contribution is 0.416. The SMILES string of the molecule is COc1ccccc1N=Nc1c(-c2ccc(C)c(C)c2)nc2ccccn12. The molecule has 0 radical (unpaired) electrons. The lowest BCUT2D eigenvalue weighted by atomic mass is 10.0. The highest BCUT2D eigenvalue weighted by Crippen LogP contribution is 2.34. The van der Waals surface area contributed by atoms with Crippen molar-refractivity contribution in [3.05, 3.63) is 78.0 Å². The van der Waals surface area contributed by atoms with Crippen LogP contribution in [0.2, 0.25) is 0 Å². The fourth-order valence-corrected chi connectivity index (χ4v) is 2.97. The molecule has 0 bridgehead atoms. The van der Waals surface area contributed by atoms with Crippen LogP contribution in [0.1, 0.15) is 11.1 Å². The highest BCUT2D eigenvalue weighted by Gasteiger charge is 2.14. The average molecular weight is 356 g/mol. The topological polar surface area (TPSA) is 51.2 Å². The summed E-state index contributed by atoms with van der Waals surface area (Å²) in [4.78, 5) is 4.79. The molecule has 0 atom stereocenters. The van der Waals surface area contributed by atoms with Crippen LogP contribution in [0.25, 0.3) is 16.9 Å². The zero-order chi connectivity index (χ0) is 18.8. The van der Waals surface area contributed by atoms with Crippen molar-refractivity contribution < 1.29 is 4.74 Å². The van der Waals surface area contributed by atoms with Gasteiger partial charge in [-0.15, -0.1) is 10.2 Å². The van der Waals surface area contributed by atoms with Gasteiger partial charge in [0.05, 0.1) is 7.11 Å². The molecule has 0 N–H and O–H groups in total. The van der Waals surface area contributed by atoms with Gasteiger partial charge in [-0.2, -0.15) is 0 Å². The molecular formula is C22H20N4O. The Morgan fingerprint density at radius 2 is 1.70 bits per heavy atom. The number of imidazole rings is 1. The smallest absolute Gasteiger partial charge is 0.187 e. The summed E-state index contributed by atoms with van der Waals surface area (Å²) in [6.07, 6.45) is 1.95. The van der Waals surface area contributed by atoms with Crippen molar-refractivity contribution in [3.8, 4) is 17.0 Å². The second-order valence-corrected chi connectivity index (χ2v) is 6.38. The predicted molar refractivity (Wildman–Crippen MR) is 107 cm³/mol. The van der Waals surface area contributed by atoms with Crippen LogP contribution in [0.4, 0.5) is 11.5 Å². The monoisotopic (exact) mass is 356 g/mol. The van der Waals surface area contributed by atoms with Gasteiger partial charge >= 0.3 is 0 Å². The number of para-hydroxylation sites is 1. The summed E-state index contributed by atoms with van der Waals surface area (Å²) in [5.41, 5.74) is 5.81. The van der Waals surface area contributed by atoms with E-state index in [-0.39, 0.29) is 0 Å². The summed E-state index contributed by atoms with van der Waals surface area (Å²) < 4.78 is 7.32. The fourth-order valence-electron chi connectivity index (χ4n) is 2.97. The normalized spacial score (nSPS) is 11.4. The standard InChI is InChI=1S/C22H20N4O/c1-15-11-12-17(14-16(15)2)21-22(26-13-7-6-10-20(26)23-21)25-24-18-8-4-5-9-19(18)27-3/h4-14H,1-3H3. The maximum absolute atomic E-state index is 5.37. The molecule has 0 amide bonds. The van der Waals surface area contributed by atoms with Crippen LogP contribution in [0.5, 0.6) is 5.75 Å². The Morgan fingerprint density at radius 1 is 0.889 bits per heavy atom. The Bertz CT molecular complexity index is 1140. The van der Waals surface area contributed by atoms with Gasteiger partial charge in [-0.3, -0.25) is 4.40 Å². The van der Waals surface area contributed by atoms with E-state index in [1.807, 2.05) is 53.1 Å². The molecule has 0 aliphatic heterocycles. The molecule has 5 nitrogen and oxygen atoms in total. The molecule has 2 aromatic carbocycles. The van der Waals surface area contributed by atoms with E-state index in [0.29, 0.717) is 17.3 Å². The Kier molecular flexibility index (Phi) is 4.42. The van der Waals surface area contributed by atoms with Gasteiger partial charge in [-0.05, 0) is 55.3 Å². The number of hydrogen-bond acceptors (Lipinski definition) is 4. The van der Waals surface area contributed by atoms with Crippen LogP contribution in [-0.4, -0.2) is 16.5 Å². The van der Waals surface area contributed by atoms with Crippen LogP contribution in [0.3, 0.4) is 0 Å². The summed E-state index contributed by atoms with van der Waals surface area (Å²) in [6, 6.07) is 19.8. The number of methoxy groups -OCH3 is 1. The van der Waals surface area contributed by atoms with Gasteiger partial charge in [0, 0.05) is 11.8 Å². The average Bonchev–Trinajstić information content (AvgIpc) is 3.07. The maximum Gasteiger partial charge on any atom is 0.187 e. The first-order chi connectivity index (χ1) is 13.2. The van der Waals surface area contributed by atoms with E-state index in [0.717, 1.165) is 16.9 Å². The Hall–Kier alpha value is -3.47. The third-order valence-corrected chi connectivity index (χ3v) is 4.62. The summed E-state index contributed by atoms with van der Waals surface area (Å²) in [5, 5.41) is 8.98. The summed E-state index contributed by atoms with van der Waals surface area (Å²) in [5.74, 6) is 1.38. The quantitative estimate of drug-likeness (QED) is 0.418.